The first-order chi connectivity index (χ1) is 8.39. The van der Waals surface area contributed by atoms with Gasteiger partial charge in [0, 0.05) is 25.1 Å². The Labute approximate surface area is 112 Å². The number of hydrogen-bond acceptors (Lipinski definition) is 3. The smallest absolute Gasteiger partial charge is 0.0505 e. The van der Waals surface area contributed by atoms with E-state index in [0.29, 0.717) is 5.41 Å². The summed E-state index contributed by atoms with van der Waals surface area (Å²) < 4.78 is 0. The molecule has 2 aliphatic rings. The average molecular weight is 257 g/mol. The van der Waals surface area contributed by atoms with Crippen molar-refractivity contribution in [1.29, 1.82) is 0 Å². The molecule has 0 bridgehead atoms. The maximum Gasteiger partial charge on any atom is 0.0505 e. The minimum Gasteiger partial charge on any atom is -0.396 e. The molecular weight excluding hydrogens is 226 g/mol. The third-order valence-electron chi connectivity index (χ3n) is 4.80. The molecular formula is C15H31NO2. The average Bonchev–Trinajstić information content (AvgIpc) is 2.64. The fourth-order valence-electron chi connectivity index (χ4n) is 4.73. The van der Waals surface area contributed by atoms with Crippen LogP contribution in [0.4, 0.5) is 0 Å². The van der Waals surface area contributed by atoms with Crippen molar-refractivity contribution in [1.82, 2.24) is 4.90 Å². The zero-order chi connectivity index (χ0) is 14.0. The molecule has 1 saturated carbocycles. The maximum atomic E-state index is 9.86. The predicted molar refractivity (Wildman–Crippen MR) is 75.5 cm³/mol. The number of aliphatic hydroxyl groups excluding tert-OH is 2. The Kier molecular flexibility index (Phi) is 4.85. The van der Waals surface area contributed by atoms with Gasteiger partial charge in [-0.3, -0.25) is 0 Å². The van der Waals surface area contributed by atoms with Crippen LogP contribution in [-0.4, -0.2) is 48.5 Å². The van der Waals surface area contributed by atoms with Gasteiger partial charge < -0.3 is 15.1 Å². The molecule has 0 spiro atoms. The van der Waals surface area contributed by atoms with Gasteiger partial charge in [0.2, 0.25) is 0 Å². The highest BCUT2D eigenvalue weighted by molar-refractivity contribution is 5.13. The van der Waals surface area contributed by atoms with Crippen LogP contribution in [0.25, 0.3) is 0 Å². The Bertz CT molecular complexity index is 280. The third-order valence-corrected chi connectivity index (χ3v) is 4.80. The van der Waals surface area contributed by atoms with E-state index in [9.17, 15) is 10.2 Å². The lowest BCUT2D eigenvalue weighted by Crippen LogP contribution is -2.40. The molecule has 2 unspecified atom stereocenters. The second-order valence-electron chi connectivity index (χ2n) is 6.88. The summed E-state index contributed by atoms with van der Waals surface area (Å²) in [6.45, 7) is 11.1. The van der Waals surface area contributed by atoms with Crippen LogP contribution in [-0.2, 0) is 0 Å². The van der Waals surface area contributed by atoms with Crippen molar-refractivity contribution in [2.45, 2.75) is 47.0 Å². The van der Waals surface area contributed by atoms with Gasteiger partial charge in [0.15, 0.2) is 0 Å². The molecule has 3 heteroatoms. The molecule has 1 aliphatic heterocycles. The first kappa shape index (κ1) is 15.9. The van der Waals surface area contributed by atoms with E-state index in [4.69, 9.17) is 0 Å². The van der Waals surface area contributed by atoms with E-state index < -0.39 is 0 Å². The SMILES string of the molecule is CC.CN1CC2(CO)CC(C)(C)CC2(CCO)C1. The number of fused-ring (bicyclic) bond motifs is 1. The maximum absolute atomic E-state index is 9.86. The van der Waals surface area contributed by atoms with Gasteiger partial charge in [0.05, 0.1) is 6.61 Å². The van der Waals surface area contributed by atoms with E-state index in [0.717, 1.165) is 32.4 Å². The van der Waals surface area contributed by atoms with Gasteiger partial charge >= 0.3 is 0 Å². The molecule has 0 radical (unpaired) electrons. The fourth-order valence-corrected chi connectivity index (χ4v) is 4.73. The van der Waals surface area contributed by atoms with Gasteiger partial charge in [-0.05, 0) is 37.1 Å². The monoisotopic (exact) mass is 257 g/mol. The Morgan fingerprint density at radius 1 is 1.00 bits per heavy atom. The van der Waals surface area contributed by atoms with Crippen molar-refractivity contribution in [3.8, 4) is 0 Å². The molecule has 0 aromatic rings. The van der Waals surface area contributed by atoms with E-state index in [1.54, 1.807) is 0 Å². The third kappa shape index (κ3) is 2.45. The number of aliphatic hydroxyl groups is 2. The second kappa shape index (κ2) is 5.48. The Hall–Kier alpha value is -0.120. The van der Waals surface area contributed by atoms with Crippen LogP contribution < -0.4 is 0 Å². The summed E-state index contributed by atoms with van der Waals surface area (Å²) in [5, 5.41) is 19.2. The second-order valence-corrected chi connectivity index (χ2v) is 6.88. The normalized spacial score (nSPS) is 38.2. The summed E-state index contributed by atoms with van der Waals surface area (Å²) in [7, 11) is 2.13. The molecule has 108 valence electrons. The van der Waals surface area contributed by atoms with Crippen molar-refractivity contribution in [3.63, 3.8) is 0 Å². The predicted octanol–water partition coefficient (Wildman–Crippen LogP) is 2.13. The van der Waals surface area contributed by atoms with Crippen molar-refractivity contribution in [3.05, 3.63) is 0 Å². The molecule has 1 heterocycles. The minimum absolute atomic E-state index is 0.0218. The molecule has 2 rings (SSSR count). The Morgan fingerprint density at radius 3 is 2.00 bits per heavy atom. The lowest BCUT2D eigenvalue weighted by Gasteiger charge is -2.38. The van der Waals surface area contributed by atoms with Gasteiger partial charge in [-0.15, -0.1) is 0 Å². The van der Waals surface area contributed by atoms with Crippen LogP contribution in [0.3, 0.4) is 0 Å². The van der Waals surface area contributed by atoms with Crippen molar-refractivity contribution in [2.75, 3.05) is 33.4 Å². The lowest BCUT2D eigenvalue weighted by atomic mass is 9.67. The molecule has 0 aromatic carbocycles. The van der Waals surface area contributed by atoms with Crippen LogP contribution in [0.15, 0.2) is 0 Å². The van der Waals surface area contributed by atoms with Gasteiger partial charge in [0.1, 0.15) is 0 Å². The van der Waals surface area contributed by atoms with E-state index in [-0.39, 0.29) is 24.0 Å². The largest absolute Gasteiger partial charge is 0.396 e. The van der Waals surface area contributed by atoms with Gasteiger partial charge in [-0.1, -0.05) is 27.7 Å². The summed E-state index contributed by atoms with van der Waals surface area (Å²) in [6, 6.07) is 0. The number of hydrogen-bond donors (Lipinski definition) is 2. The quantitative estimate of drug-likeness (QED) is 0.814. The number of rotatable bonds is 3. The van der Waals surface area contributed by atoms with Crippen molar-refractivity contribution < 1.29 is 10.2 Å². The Balaban J connectivity index is 0.000000771. The van der Waals surface area contributed by atoms with Crippen LogP contribution in [0.1, 0.15) is 47.0 Å². The van der Waals surface area contributed by atoms with Crippen LogP contribution >= 0.6 is 0 Å². The summed E-state index contributed by atoms with van der Waals surface area (Å²) in [5.41, 5.74) is 0.460. The standard InChI is InChI=1S/C13H25NO2.C2H6/c1-11(2)6-12(4-5-15)8-14(3)9-13(12,7-11)10-16;1-2/h15-16H,4-10H2,1-3H3;1-2H3. The number of likely N-dealkylation sites (tertiary alicyclic amines) is 1. The first-order valence-electron chi connectivity index (χ1n) is 7.29. The fraction of sp³-hybridized carbons (Fsp3) is 1.00. The number of nitrogens with zero attached hydrogens (tertiary/aromatic N) is 1. The Morgan fingerprint density at radius 2 is 1.50 bits per heavy atom. The van der Waals surface area contributed by atoms with Gasteiger partial charge in [0.25, 0.3) is 0 Å². The molecule has 1 aliphatic carbocycles. The summed E-state index contributed by atoms with van der Waals surface area (Å²) in [5.74, 6) is 0. The molecule has 3 nitrogen and oxygen atoms in total. The molecule has 1 saturated heterocycles. The summed E-state index contributed by atoms with van der Waals surface area (Å²) in [4.78, 5) is 2.32. The van der Waals surface area contributed by atoms with Crippen molar-refractivity contribution in [2.24, 2.45) is 16.2 Å². The van der Waals surface area contributed by atoms with Crippen LogP contribution in [0.5, 0.6) is 0 Å². The minimum atomic E-state index is 0.0218. The van der Waals surface area contributed by atoms with E-state index in [1.807, 2.05) is 13.8 Å². The molecule has 2 fully saturated rings. The van der Waals surface area contributed by atoms with Gasteiger partial charge in [-0.25, -0.2) is 0 Å². The zero-order valence-corrected chi connectivity index (χ0v) is 12.8. The lowest BCUT2D eigenvalue weighted by molar-refractivity contribution is 0.0343. The highest BCUT2D eigenvalue weighted by Gasteiger charge is 2.63. The molecule has 2 atom stereocenters. The molecule has 0 aromatic heterocycles. The topological polar surface area (TPSA) is 43.7 Å². The molecule has 18 heavy (non-hydrogen) atoms. The highest BCUT2D eigenvalue weighted by atomic mass is 16.3. The summed E-state index contributed by atoms with van der Waals surface area (Å²) in [6.07, 6.45) is 3.05. The van der Waals surface area contributed by atoms with E-state index in [1.165, 1.54) is 0 Å². The first-order valence-corrected chi connectivity index (χ1v) is 7.29. The van der Waals surface area contributed by atoms with E-state index >= 15 is 0 Å². The highest BCUT2D eigenvalue weighted by Crippen LogP contribution is 2.64. The van der Waals surface area contributed by atoms with Crippen molar-refractivity contribution >= 4 is 0 Å². The van der Waals surface area contributed by atoms with Crippen LogP contribution in [0.2, 0.25) is 0 Å². The zero-order valence-electron chi connectivity index (χ0n) is 12.8. The van der Waals surface area contributed by atoms with E-state index in [2.05, 4.69) is 25.8 Å². The van der Waals surface area contributed by atoms with Gasteiger partial charge in [-0.2, -0.15) is 0 Å². The molecule has 0 amide bonds. The molecule has 2 N–H and O–H groups in total. The summed E-state index contributed by atoms with van der Waals surface area (Å²) >= 11 is 0. The van der Waals surface area contributed by atoms with Crippen LogP contribution in [0, 0.1) is 16.2 Å².